The Morgan fingerprint density at radius 2 is 1.71 bits per heavy atom. The third-order valence-electron chi connectivity index (χ3n) is 3.56. The van der Waals surface area contributed by atoms with Gasteiger partial charge in [0.2, 0.25) is 0 Å². The average Bonchev–Trinajstić information content (AvgIpc) is 3.08. The normalized spacial score (nSPS) is 11.5. The summed E-state index contributed by atoms with van der Waals surface area (Å²) in [6, 6.07) is 12.8. The minimum atomic E-state index is -4.43. The summed E-state index contributed by atoms with van der Waals surface area (Å²) in [5.41, 5.74) is 0.919. The topological polar surface area (TPSA) is 29.3 Å². The Labute approximate surface area is 137 Å². The molecule has 2 heterocycles. The van der Waals surface area contributed by atoms with Crippen LogP contribution in [0.1, 0.15) is 5.56 Å². The maximum atomic E-state index is 13.2. The van der Waals surface area contributed by atoms with Crippen molar-refractivity contribution in [3.05, 3.63) is 60.4 Å². The van der Waals surface area contributed by atoms with Crippen LogP contribution in [0, 0.1) is 0 Å². The minimum absolute atomic E-state index is 0.253. The Kier molecular flexibility index (Phi) is 4.05. The Bertz CT molecular complexity index is 840. The number of rotatable bonds is 3. The van der Waals surface area contributed by atoms with Gasteiger partial charge in [-0.05, 0) is 30.3 Å². The third kappa shape index (κ3) is 3.27. The van der Waals surface area contributed by atoms with Crippen molar-refractivity contribution in [1.82, 2.24) is 4.98 Å². The summed E-state index contributed by atoms with van der Waals surface area (Å²) in [5, 5.41) is 0. The van der Waals surface area contributed by atoms with E-state index in [1.54, 1.807) is 55.6 Å². The quantitative estimate of drug-likeness (QED) is 0.669. The van der Waals surface area contributed by atoms with E-state index >= 15 is 0 Å². The van der Waals surface area contributed by atoms with Gasteiger partial charge in [-0.15, -0.1) is 0 Å². The first-order chi connectivity index (χ1) is 11.3. The third-order valence-corrected chi connectivity index (χ3v) is 3.56. The van der Waals surface area contributed by atoms with Gasteiger partial charge in [-0.2, -0.15) is 13.2 Å². The van der Waals surface area contributed by atoms with Gasteiger partial charge < -0.3 is 9.32 Å². The van der Waals surface area contributed by atoms with Crippen LogP contribution in [0.15, 0.2) is 59.2 Å². The van der Waals surface area contributed by atoms with Gasteiger partial charge in [0.05, 0.1) is 17.5 Å². The molecule has 0 spiro atoms. The molecule has 3 nitrogen and oxygen atoms in total. The Morgan fingerprint density at radius 3 is 2.33 bits per heavy atom. The van der Waals surface area contributed by atoms with Gasteiger partial charge in [0.1, 0.15) is 11.6 Å². The second-order valence-electron chi connectivity index (χ2n) is 5.55. The molecule has 0 fully saturated rings. The molecule has 1 aromatic carbocycles. The molecule has 0 aliphatic heterocycles. The number of anilines is 1. The first kappa shape index (κ1) is 16.1. The van der Waals surface area contributed by atoms with Crippen molar-refractivity contribution in [2.75, 3.05) is 19.0 Å². The van der Waals surface area contributed by atoms with Crippen molar-refractivity contribution in [3.8, 4) is 22.6 Å². The van der Waals surface area contributed by atoms with E-state index < -0.39 is 11.7 Å². The molecule has 0 unspecified atom stereocenters. The standard InChI is InChI=1S/C18H15F3N2O/c1-23(2)17-11-14(18(19,20)21)10-15(22-17)12-5-3-6-13(9-12)16-7-4-8-24-16/h3-11H,1-2H3. The number of halogens is 3. The minimum Gasteiger partial charge on any atom is -0.464 e. The molecule has 0 amide bonds. The number of hydrogen-bond donors (Lipinski definition) is 0. The van der Waals surface area contributed by atoms with Gasteiger partial charge in [-0.25, -0.2) is 4.98 Å². The number of nitrogens with zero attached hydrogens (tertiary/aromatic N) is 2. The van der Waals surface area contributed by atoms with E-state index in [2.05, 4.69) is 4.98 Å². The highest BCUT2D eigenvalue weighted by molar-refractivity contribution is 5.70. The van der Waals surface area contributed by atoms with E-state index in [-0.39, 0.29) is 11.5 Å². The molecule has 0 saturated carbocycles. The van der Waals surface area contributed by atoms with Crippen LogP contribution < -0.4 is 4.90 Å². The molecule has 0 N–H and O–H groups in total. The summed E-state index contributed by atoms with van der Waals surface area (Å²) in [7, 11) is 3.32. The van der Waals surface area contributed by atoms with Gasteiger partial charge in [-0.1, -0.05) is 18.2 Å². The summed E-state index contributed by atoms with van der Waals surface area (Å²) < 4.78 is 44.8. The molecule has 2 aromatic heterocycles. The zero-order valence-corrected chi connectivity index (χ0v) is 13.1. The number of alkyl halides is 3. The van der Waals surface area contributed by atoms with Crippen molar-refractivity contribution in [2.45, 2.75) is 6.18 Å². The molecule has 0 aliphatic rings. The van der Waals surface area contributed by atoms with Crippen molar-refractivity contribution < 1.29 is 17.6 Å². The highest BCUT2D eigenvalue weighted by Gasteiger charge is 2.32. The van der Waals surface area contributed by atoms with Crippen LogP contribution in [0.4, 0.5) is 19.0 Å². The second-order valence-corrected chi connectivity index (χ2v) is 5.55. The van der Waals surface area contributed by atoms with E-state index in [4.69, 9.17) is 4.42 Å². The lowest BCUT2D eigenvalue weighted by Crippen LogP contribution is -2.14. The average molecular weight is 332 g/mol. The highest BCUT2D eigenvalue weighted by atomic mass is 19.4. The van der Waals surface area contributed by atoms with Gasteiger partial charge in [-0.3, -0.25) is 0 Å². The van der Waals surface area contributed by atoms with Crippen LogP contribution >= 0.6 is 0 Å². The fraction of sp³-hybridized carbons (Fsp3) is 0.167. The van der Waals surface area contributed by atoms with Gasteiger partial charge in [0, 0.05) is 25.2 Å². The molecule has 0 bridgehead atoms. The number of pyridine rings is 1. The number of furan rings is 1. The van der Waals surface area contributed by atoms with E-state index in [0.29, 0.717) is 11.3 Å². The van der Waals surface area contributed by atoms with Gasteiger partial charge >= 0.3 is 6.18 Å². The Morgan fingerprint density at radius 1 is 0.958 bits per heavy atom. The summed E-state index contributed by atoms with van der Waals surface area (Å²) in [6.45, 7) is 0. The zero-order chi connectivity index (χ0) is 17.3. The fourth-order valence-electron chi connectivity index (χ4n) is 2.33. The van der Waals surface area contributed by atoms with Gasteiger partial charge in [0.15, 0.2) is 0 Å². The van der Waals surface area contributed by atoms with Crippen LogP contribution in [-0.4, -0.2) is 19.1 Å². The summed E-state index contributed by atoms with van der Waals surface area (Å²) >= 11 is 0. The first-order valence-electron chi connectivity index (χ1n) is 7.25. The van der Waals surface area contributed by atoms with E-state index in [1.807, 2.05) is 6.07 Å². The molecule has 0 aliphatic carbocycles. The lowest BCUT2D eigenvalue weighted by atomic mass is 10.0. The lowest BCUT2D eigenvalue weighted by Gasteiger charge is -2.16. The largest absolute Gasteiger partial charge is 0.464 e. The molecule has 124 valence electrons. The van der Waals surface area contributed by atoms with Crippen LogP contribution in [0.2, 0.25) is 0 Å². The predicted molar refractivity (Wildman–Crippen MR) is 86.7 cm³/mol. The lowest BCUT2D eigenvalue weighted by molar-refractivity contribution is -0.137. The monoisotopic (exact) mass is 332 g/mol. The molecule has 6 heteroatoms. The molecular formula is C18H15F3N2O. The SMILES string of the molecule is CN(C)c1cc(C(F)(F)F)cc(-c2cccc(-c3ccco3)c2)n1. The zero-order valence-electron chi connectivity index (χ0n) is 13.1. The molecule has 24 heavy (non-hydrogen) atoms. The van der Waals surface area contributed by atoms with Crippen molar-refractivity contribution >= 4 is 5.82 Å². The molecule has 0 atom stereocenters. The number of benzene rings is 1. The van der Waals surface area contributed by atoms with E-state index in [1.165, 1.54) is 0 Å². The highest BCUT2D eigenvalue weighted by Crippen LogP contribution is 2.34. The Hall–Kier alpha value is -2.76. The summed E-state index contributed by atoms with van der Waals surface area (Å²) in [4.78, 5) is 5.89. The predicted octanol–water partition coefficient (Wildman–Crippen LogP) is 5.09. The molecule has 0 radical (unpaired) electrons. The van der Waals surface area contributed by atoms with Crippen LogP contribution in [0.5, 0.6) is 0 Å². The molecule has 0 saturated heterocycles. The second kappa shape index (κ2) is 6.03. The number of hydrogen-bond acceptors (Lipinski definition) is 3. The van der Waals surface area contributed by atoms with Gasteiger partial charge in [0.25, 0.3) is 0 Å². The molecule has 3 aromatic rings. The first-order valence-corrected chi connectivity index (χ1v) is 7.25. The van der Waals surface area contributed by atoms with Crippen LogP contribution in [0.3, 0.4) is 0 Å². The van der Waals surface area contributed by atoms with E-state index in [0.717, 1.165) is 17.7 Å². The molecule has 3 rings (SSSR count). The maximum Gasteiger partial charge on any atom is 0.416 e. The summed E-state index contributed by atoms with van der Waals surface area (Å²) in [5.74, 6) is 0.903. The number of aromatic nitrogens is 1. The van der Waals surface area contributed by atoms with Crippen molar-refractivity contribution in [3.63, 3.8) is 0 Å². The summed E-state index contributed by atoms with van der Waals surface area (Å²) in [6.07, 6.45) is -2.88. The smallest absolute Gasteiger partial charge is 0.416 e. The van der Waals surface area contributed by atoms with E-state index in [9.17, 15) is 13.2 Å². The Balaban J connectivity index is 2.12. The van der Waals surface area contributed by atoms with Crippen molar-refractivity contribution in [1.29, 1.82) is 0 Å². The van der Waals surface area contributed by atoms with Crippen molar-refractivity contribution in [2.24, 2.45) is 0 Å². The molecular weight excluding hydrogens is 317 g/mol. The maximum absolute atomic E-state index is 13.2. The van der Waals surface area contributed by atoms with Crippen LogP contribution in [-0.2, 0) is 6.18 Å². The fourth-order valence-corrected chi connectivity index (χ4v) is 2.33. The van der Waals surface area contributed by atoms with Crippen LogP contribution in [0.25, 0.3) is 22.6 Å².